The zero-order valence-electron chi connectivity index (χ0n) is 13.0. The number of methoxy groups -OCH3 is 1. The Morgan fingerprint density at radius 3 is 2.59 bits per heavy atom. The molecular weight excluding hydrogens is 274 g/mol. The summed E-state index contributed by atoms with van der Waals surface area (Å²) in [7, 11) is 1.64. The van der Waals surface area contributed by atoms with Crippen LogP contribution in [0.25, 0.3) is 0 Å². The van der Waals surface area contributed by atoms with Crippen LogP contribution in [0.1, 0.15) is 30.0 Å². The van der Waals surface area contributed by atoms with Crippen molar-refractivity contribution in [3.8, 4) is 11.5 Å². The quantitative estimate of drug-likeness (QED) is 0.741. The van der Waals surface area contributed by atoms with Crippen LogP contribution in [0.3, 0.4) is 0 Å². The van der Waals surface area contributed by atoms with Crippen molar-refractivity contribution in [3.05, 3.63) is 72.3 Å². The summed E-state index contributed by atoms with van der Waals surface area (Å²) in [6, 6.07) is 15.9. The Morgan fingerprint density at radius 2 is 1.91 bits per heavy atom. The molecule has 1 atom stereocenters. The highest BCUT2D eigenvalue weighted by Gasteiger charge is 2.10. The fraction of sp³-hybridized carbons (Fsp3) is 0.263. The van der Waals surface area contributed by atoms with E-state index < -0.39 is 0 Å². The minimum absolute atomic E-state index is 0.0185. The number of nitrogens with two attached hydrogens (primary N) is 1. The van der Waals surface area contributed by atoms with Gasteiger partial charge in [0, 0.05) is 6.04 Å². The minimum atomic E-state index is -0.0185. The number of hydrogen-bond donors (Lipinski definition) is 1. The lowest BCUT2D eigenvalue weighted by Crippen LogP contribution is -2.10. The molecule has 3 nitrogen and oxygen atoms in total. The van der Waals surface area contributed by atoms with Gasteiger partial charge in [-0.3, -0.25) is 0 Å². The molecule has 0 bridgehead atoms. The van der Waals surface area contributed by atoms with Gasteiger partial charge in [0.2, 0.25) is 0 Å². The molecule has 0 aliphatic heterocycles. The fourth-order valence-corrected chi connectivity index (χ4v) is 2.23. The Labute approximate surface area is 132 Å². The van der Waals surface area contributed by atoms with E-state index in [1.807, 2.05) is 54.6 Å². The van der Waals surface area contributed by atoms with Crippen molar-refractivity contribution in [1.82, 2.24) is 0 Å². The Kier molecular flexibility index (Phi) is 6.04. The first kappa shape index (κ1) is 16.1. The monoisotopic (exact) mass is 297 g/mol. The van der Waals surface area contributed by atoms with Crippen LogP contribution in [0.15, 0.2) is 61.2 Å². The van der Waals surface area contributed by atoms with Crippen molar-refractivity contribution in [2.75, 3.05) is 7.11 Å². The second-order valence-electron chi connectivity index (χ2n) is 5.16. The fourth-order valence-electron chi connectivity index (χ4n) is 2.23. The molecule has 0 amide bonds. The van der Waals surface area contributed by atoms with Crippen LogP contribution in [-0.2, 0) is 6.61 Å². The zero-order chi connectivity index (χ0) is 15.8. The molecule has 0 spiro atoms. The van der Waals surface area contributed by atoms with E-state index in [1.165, 1.54) is 0 Å². The van der Waals surface area contributed by atoms with E-state index in [4.69, 9.17) is 15.2 Å². The maximum Gasteiger partial charge on any atom is 0.161 e. The molecule has 0 aromatic heterocycles. The summed E-state index contributed by atoms with van der Waals surface area (Å²) in [5.41, 5.74) is 8.34. The maximum absolute atomic E-state index is 6.18. The van der Waals surface area contributed by atoms with Crippen LogP contribution >= 0.6 is 0 Å². The van der Waals surface area contributed by atoms with Crippen molar-refractivity contribution in [1.29, 1.82) is 0 Å². The molecule has 3 heteroatoms. The predicted octanol–water partition coefficient (Wildman–Crippen LogP) is 4.24. The third kappa shape index (κ3) is 4.37. The highest BCUT2D eigenvalue weighted by Crippen LogP contribution is 2.31. The summed E-state index contributed by atoms with van der Waals surface area (Å²) < 4.78 is 11.3. The van der Waals surface area contributed by atoms with Crippen molar-refractivity contribution in [2.24, 2.45) is 5.73 Å². The van der Waals surface area contributed by atoms with E-state index in [0.29, 0.717) is 12.4 Å². The molecule has 0 fully saturated rings. The summed E-state index contributed by atoms with van der Waals surface area (Å²) in [6.07, 6.45) is 3.65. The third-order valence-corrected chi connectivity index (χ3v) is 3.53. The Hall–Kier alpha value is -2.26. The van der Waals surface area contributed by atoms with Crippen LogP contribution < -0.4 is 15.2 Å². The Balaban J connectivity index is 2.07. The van der Waals surface area contributed by atoms with E-state index in [1.54, 1.807) is 7.11 Å². The summed E-state index contributed by atoms with van der Waals surface area (Å²) in [6.45, 7) is 4.24. The first-order chi connectivity index (χ1) is 10.7. The number of ether oxygens (including phenoxy) is 2. The molecule has 0 aliphatic rings. The second-order valence-corrected chi connectivity index (χ2v) is 5.16. The molecule has 0 radical (unpaired) electrons. The minimum Gasteiger partial charge on any atom is -0.493 e. The van der Waals surface area contributed by atoms with Gasteiger partial charge in [-0.1, -0.05) is 42.5 Å². The SMILES string of the molecule is C=CCC[C@@H](N)c1ccc(OCc2ccccc2)c(OC)c1. The normalized spacial score (nSPS) is 11.7. The lowest BCUT2D eigenvalue weighted by molar-refractivity contribution is 0.284. The van der Waals surface area contributed by atoms with Gasteiger partial charge in [-0.15, -0.1) is 6.58 Å². The smallest absolute Gasteiger partial charge is 0.161 e. The number of hydrogen-bond acceptors (Lipinski definition) is 3. The van der Waals surface area contributed by atoms with E-state index in [0.717, 1.165) is 29.7 Å². The molecule has 22 heavy (non-hydrogen) atoms. The van der Waals surface area contributed by atoms with Gasteiger partial charge in [0.1, 0.15) is 6.61 Å². The molecular formula is C19H23NO2. The van der Waals surface area contributed by atoms with Gasteiger partial charge in [-0.05, 0) is 36.1 Å². The topological polar surface area (TPSA) is 44.5 Å². The van der Waals surface area contributed by atoms with Gasteiger partial charge in [0.15, 0.2) is 11.5 Å². The van der Waals surface area contributed by atoms with Gasteiger partial charge in [-0.2, -0.15) is 0 Å². The Morgan fingerprint density at radius 1 is 1.14 bits per heavy atom. The summed E-state index contributed by atoms with van der Waals surface area (Å²) in [5.74, 6) is 1.44. The molecule has 2 aromatic carbocycles. The van der Waals surface area contributed by atoms with E-state index in [9.17, 15) is 0 Å². The van der Waals surface area contributed by atoms with Gasteiger partial charge < -0.3 is 15.2 Å². The van der Waals surface area contributed by atoms with Gasteiger partial charge in [-0.25, -0.2) is 0 Å². The maximum atomic E-state index is 6.18. The average molecular weight is 297 g/mol. The number of allylic oxidation sites excluding steroid dienone is 1. The molecule has 2 aromatic rings. The third-order valence-electron chi connectivity index (χ3n) is 3.53. The first-order valence-electron chi connectivity index (χ1n) is 7.45. The summed E-state index contributed by atoms with van der Waals surface area (Å²) >= 11 is 0. The molecule has 2 N–H and O–H groups in total. The lowest BCUT2D eigenvalue weighted by Gasteiger charge is -2.15. The van der Waals surface area contributed by atoms with E-state index in [2.05, 4.69) is 6.58 Å². The molecule has 2 rings (SSSR count). The zero-order valence-corrected chi connectivity index (χ0v) is 13.0. The number of benzene rings is 2. The van der Waals surface area contributed by atoms with Crippen LogP contribution in [0, 0.1) is 0 Å². The van der Waals surface area contributed by atoms with E-state index >= 15 is 0 Å². The average Bonchev–Trinajstić information content (AvgIpc) is 2.58. The van der Waals surface area contributed by atoms with E-state index in [-0.39, 0.29) is 6.04 Å². The van der Waals surface area contributed by atoms with Crippen molar-refractivity contribution < 1.29 is 9.47 Å². The molecule has 0 saturated carbocycles. The highest BCUT2D eigenvalue weighted by atomic mass is 16.5. The molecule has 0 unspecified atom stereocenters. The standard InChI is InChI=1S/C19H23NO2/c1-3-4-10-17(20)16-11-12-18(19(13-16)21-2)22-14-15-8-6-5-7-9-15/h3,5-9,11-13,17H,1,4,10,14,20H2,2H3/t17-/m1/s1. The predicted molar refractivity (Wildman–Crippen MR) is 90.1 cm³/mol. The molecule has 0 saturated heterocycles. The van der Waals surface area contributed by atoms with Crippen molar-refractivity contribution >= 4 is 0 Å². The van der Waals surface area contributed by atoms with Crippen LogP contribution in [0.2, 0.25) is 0 Å². The first-order valence-corrected chi connectivity index (χ1v) is 7.45. The summed E-state index contributed by atoms with van der Waals surface area (Å²) in [4.78, 5) is 0. The van der Waals surface area contributed by atoms with Crippen LogP contribution in [0.4, 0.5) is 0 Å². The second kappa shape index (κ2) is 8.25. The van der Waals surface area contributed by atoms with Crippen molar-refractivity contribution in [2.45, 2.75) is 25.5 Å². The lowest BCUT2D eigenvalue weighted by atomic mass is 10.0. The number of rotatable bonds is 8. The van der Waals surface area contributed by atoms with Crippen LogP contribution in [0.5, 0.6) is 11.5 Å². The Bertz CT molecular complexity index is 596. The largest absolute Gasteiger partial charge is 0.493 e. The van der Waals surface area contributed by atoms with Gasteiger partial charge in [0.05, 0.1) is 7.11 Å². The van der Waals surface area contributed by atoms with Gasteiger partial charge in [0.25, 0.3) is 0 Å². The van der Waals surface area contributed by atoms with Crippen molar-refractivity contribution in [3.63, 3.8) is 0 Å². The van der Waals surface area contributed by atoms with Crippen LogP contribution in [-0.4, -0.2) is 7.11 Å². The van der Waals surface area contributed by atoms with Gasteiger partial charge >= 0.3 is 0 Å². The highest BCUT2D eigenvalue weighted by molar-refractivity contribution is 5.44. The molecule has 116 valence electrons. The molecule has 0 heterocycles. The molecule has 0 aliphatic carbocycles. The summed E-state index contributed by atoms with van der Waals surface area (Å²) in [5, 5.41) is 0.